The van der Waals surface area contributed by atoms with Gasteiger partial charge in [-0.15, -0.1) is 0 Å². The van der Waals surface area contributed by atoms with E-state index in [0.29, 0.717) is 0 Å². The summed E-state index contributed by atoms with van der Waals surface area (Å²) in [6.45, 7) is 3.91. The topological polar surface area (TPSA) is 41.8 Å². The fraction of sp³-hybridized carbons (Fsp3) is 0.368. The van der Waals surface area contributed by atoms with Crippen molar-refractivity contribution < 1.29 is 17.7 Å². The van der Waals surface area contributed by atoms with Gasteiger partial charge in [-0.2, -0.15) is 0 Å². The molecule has 1 fully saturated rings. The van der Waals surface area contributed by atoms with Gasteiger partial charge in [0, 0.05) is 6.42 Å². The molecule has 0 amide bonds. The van der Waals surface area contributed by atoms with E-state index in [2.05, 4.69) is 13.1 Å². The van der Waals surface area contributed by atoms with Crippen LogP contribution in [0.4, 0.5) is 10.1 Å². The third kappa shape index (κ3) is 2.64. The fourth-order valence-electron chi connectivity index (χ4n) is 4.19. The number of anilines is 1. The number of piperidine rings is 1. The maximum Gasteiger partial charge on any atom is 0.264 e. The molecule has 3 atom stereocenters. The Balaban J connectivity index is 1.85. The lowest BCUT2D eigenvalue weighted by Gasteiger charge is -2.34. The van der Waals surface area contributed by atoms with Crippen LogP contribution in [-0.4, -0.2) is 34.6 Å². The van der Waals surface area contributed by atoms with Crippen LogP contribution in [0.1, 0.15) is 23.5 Å². The quantitative estimate of drug-likeness (QED) is 0.885. The predicted octanol–water partition coefficient (Wildman–Crippen LogP) is 1.71. The molecule has 0 aliphatic carbocycles. The van der Waals surface area contributed by atoms with Crippen molar-refractivity contribution in [1.29, 1.82) is 0 Å². The molecule has 4 nitrogen and oxygen atoms in total. The number of nitrogens with zero attached hydrogens (tertiary/aromatic N) is 1. The van der Waals surface area contributed by atoms with Gasteiger partial charge >= 0.3 is 0 Å². The first kappa shape index (κ1) is 16.5. The number of benzene rings is 2. The first-order valence-corrected chi connectivity index (χ1v) is 10.0. The van der Waals surface area contributed by atoms with Gasteiger partial charge in [0.15, 0.2) is 0 Å². The molecule has 2 aromatic carbocycles. The van der Waals surface area contributed by atoms with Gasteiger partial charge in [-0.3, -0.25) is 4.31 Å². The van der Waals surface area contributed by atoms with E-state index in [0.717, 1.165) is 36.3 Å². The molecule has 0 bridgehead atoms. The second kappa shape index (κ2) is 5.81. The Labute approximate surface area is 147 Å². The van der Waals surface area contributed by atoms with Gasteiger partial charge < -0.3 is 4.90 Å². The molecule has 4 rings (SSSR count). The van der Waals surface area contributed by atoms with Crippen LogP contribution in [-0.2, 0) is 10.0 Å². The summed E-state index contributed by atoms with van der Waals surface area (Å²) in [6, 6.07) is 11.0. The summed E-state index contributed by atoms with van der Waals surface area (Å²) >= 11 is 0. The van der Waals surface area contributed by atoms with Crippen molar-refractivity contribution in [3.63, 3.8) is 0 Å². The van der Waals surface area contributed by atoms with Gasteiger partial charge in [0.05, 0.1) is 42.7 Å². The van der Waals surface area contributed by atoms with Crippen molar-refractivity contribution in [3.05, 3.63) is 59.4 Å². The lowest BCUT2D eigenvalue weighted by atomic mass is 9.89. The molecular formula is C19H22FN2O2S+. The summed E-state index contributed by atoms with van der Waals surface area (Å²) in [7, 11) is -1.56. The third-order valence-corrected chi connectivity index (χ3v) is 7.24. The summed E-state index contributed by atoms with van der Waals surface area (Å²) in [4.78, 5) is 1.57. The molecule has 25 heavy (non-hydrogen) atoms. The number of halogens is 1. The van der Waals surface area contributed by atoms with E-state index in [-0.39, 0.29) is 16.9 Å². The molecule has 1 saturated heterocycles. The van der Waals surface area contributed by atoms with Crippen molar-refractivity contribution in [3.8, 4) is 0 Å². The van der Waals surface area contributed by atoms with Crippen LogP contribution >= 0.6 is 0 Å². The maximum absolute atomic E-state index is 13.3. The largest absolute Gasteiger partial charge is 0.337 e. The van der Waals surface area contributed by atoms with Gasteiger partial charge in [-0.25, -0.2) is 12.8 Å². The molecule has 2 aromatic rings. The fourth-order valence-corrected chi connectivity index (χ4v) is 5.93. The average molecular weight is 361 g/mol. The Morgan fingerprint density at radius 3 is 2.60 bits per heavy atom. The maximum atomic E-state index is 13.3. The number of sulfonamides is 1. The van der Waals surface area contributed by atoms with Crippen LogP contribution in [0.2, 0.25) is 0 Å². The zero-order valence-electron chi connectivity index (χ0n) is 14.4. The number of hydrogen-bond acceptors (Lipinski definition) is 2. The summed E-state index contributed by atoms with van der Waals surface area (Å²) in [5, 5.41) is 0. The molecule has 2 aliphatic rings. The highest BCUT2D eigenvalue weighted by molar-refractivity contribution is 7.92. The molecule has 132 valence electrons. The number of likely N-dealkylation sites (tertiary alicyclic amines) is 1. The highest BCUT2D eigenvalue weighted by Crippen LogP contribution is 2.45. The van der Waals surface area contributed by atoms with Crippen molar-refractivity contribution in [2.24, 2.45) is 0 Å². The number of rotatable bonds is 2. The SMILES string of the molecule is Cc1ccc2c(c1)[C@@H]1C[NH+](C)CC[C@@H]1N2S(=O)(=O)c1ccc(F)cc1. The van der Waals surface area contributed by atoms with E-state index in [9.17, 15) is 12.8 Å². The Morgan fingerprint density at radius 1 is 1.16 bits per heavy atom. The molecule has 0 spiro atoms. The Bertz CT molecular complexity index is 912. The second-order valence-electron chi connectivity index (χ2n) is 7.19. The lowest BCUT2D eigenvalue weighted by Crippen LogP contribution is -3.11. The molecule has 2 heterocycles. The standard InChI is InChI=1S/C19H21FN2O2S/c1-13-3-8-18-16(11-13)17-12-21(2)10-9-19(17)22(18)25(23,24)15-6-4-14(20)5-7-15/h3-8,11,17,19H,9-10,12H2,1-2H3/p+1/t17-,19-/m0/s1. The minimum absolute atomic E-state index is 0.0597. The third-order valence-electron chi connectivity index (χ3n) is 5.39. The Morgan fingerprint density at radius 2 is 1.88 bits per heavy atom. The number of nitrogens with one attached hydrogen (secondary N) is 1. The number of fused-ring (bicyclic) bond motifs is 3. The molecule has 0 aromatic heterocycles. The summed E-state index contributed by atoms with van der Waals surface area (Å²) < 4.78 is 41.5. The highest BCUT2D eigenvalue weighted by atomic mass is 32.2. The molecule has 2 aliphatic heterocycles. The molecule has 0 radical (unpaired) electrons. The van der Waals surface area contributed by atoms with Gasteiger partial charge in [0.25, 0.3) is 10.0 Å². The van der Waals surface area contributed by atoms with Gasteiger partial charge in [0.2, 0.25) is 0 Å². The zero-order chi connectivity index (χ0) is 17.8. The van der Waals surface area contributed by atoms with Crippen LogP contribution in [0, 0.1) is 12.7 Å². The summed E-state index contributed by atoms with van der Waals surface area (Å²) in [5.74, 6) is -0.226. The van der Waals surface area contributed by atoms with Crippen LogP contribution < -0.4 is 9.21 Å². The number of aryl methyl sites for hydroxylation is 1. The number of quaternary nitrogens is 1. The van der Waals surface area contributed by atoms with E-state index >= 15 is 0 Å². The molecule has 0 saturated carbocycles. The summed E-state index contributed by atoms with van der Waals surface area (Å²) in [5.41, 5.74) is 3.04. The smallest absolute Gasteiger partial charge is 0.264 e. The van der Waals surface area contributed by atoms with Crippen molar-refractivity contribution in [2.45, 2.75) is 30.2 Å². The van der Waals surface area contributed by atoms with E-state index in [1.54, 1.807) is 4.31 Å². The van der Waals surface area contributed by atoms with Gasteiger partial charge in [0.1, 0.15) is 5.82 Å². The minimum Gasteiger partial charge on any atom is -0.337 e. The van der Waals surface area contributed by atoms with E-state index in [1.807, 2.05) is 19.1 Å². The summed E-state index contributed by atoms with van der Waals surface area (Å²) in [6.07, 6.45) is 0.824. The predicted molar refractivity (Wildman–Crippen MR) is 95.0 cm³/mol. The average Bonchev–Trinajstić information content (AvgIpc) is 2.89. The number of hydrogen-bond donors (Lipinski definition) is 1. The van der Waals surface area contributed by atoms with E-state index in [4.69, 9.17) is 0 Å². The van der Waals surface area contributed by atoms with Crippen molar-refractivity contribution in [2.75, 3.05) is 24.4 Å². The lowest BCUT2D eigenvalue weighted by molar-refractivity contribution is -0.886. The van der Waals surface area contributed by atoms with Gasteiger partial charge in [-0.05, 0) is 42.8 Å². The Hall–Kier alpha value is -1.92. The first-order chi connectivity index (χ1) is 11.9. The monoisotopic (exact) mass is 361 g/mol. The van der Waals surface area contributed by atoms with E-state index in [1.165, 1.54) is 29.2 Å². The Kier molecular flexibility index (Phi) is 3.85. The molecular weight excluding hydrogens is 339 g/mol. The first-order valence-electron chi connectivity index (χ1n) is 8.60. The normalized spacial score (nSPS) is 25.6. The van der Waals surface area contributed by atoms with Gasteiger partial charge in [-0.1, -0.05) is 17.7 Å². The molecule has 1 unspecified atom stereocenters. The van der Waals surface area contributed by atoms with Crippen LogP contribution in [0.25, 0.3) is 0 Å². The second-order valence-corrected chi connectivity index (χ2v) is 9.01. The number of likely N-dealkylation sites (N-methyl/N-ethyl adjacent to an activating group) is 1. The highest BCUT2D eigenvalue weighted by Gasteiger charge is 2.48. The minimum atomic E-state index is -3.71. The van der Waals surface area contributed by atoms with Crippen molar-refractivity contribution in [1.82, 2.24) is 0 Å². The zero-order valence-corrected chi connectivity index (χ0v) is 15.2. The van der Waals surface area contributed by atoms with Crippen LogP contribution in [0.15, 0.2) is 47.4 Å². The van der Waals surface area contributed by atoms with Crippen LogP contribution in [0.3, 0.4) is 0 Å². The van der Waals surface area contributed by atoms with Crippen LogP contribution in [0.5, 0.6) is 0 Å². The van der Waals surface area contributed by atoms with E-state index < -0.39 is 15.8 Å². The molecule has 6 heteroatoms. The van der Waals surface area contributed by atoms with Crippen molar-refractivity contribution >= 4 is 15.7 Å². The molecule has 1 N–H and O–H groups in total.